The Balaban J connectivity index is 1.71. The average Bonchev–Trinajstić information content (AvgIpc) is 2.79. The van der Waals surface area contributed by atoms with Gasteiger partial charge < -0.3 is 15.0 Å². The van der Waals surface area contributed by atoms with E-state index >= 15 is 0 Å². The van der Waals surface area contributed by atoms with Crippen LogP contribution in [-0.4, -0.2) is 12.1 Å². The molecule has 2 aromatic carbocycles. The highest BCUT2D eigenvalue weighted by Gasteiger charge is 2.26. The van der Waals surface area contributed by atoms with Crippen LogP contribution in [0.2, 0.25) is 0 Å². The molecule has 0 aliphatic carbocycles. The van der Waals surface area contributed by atoms with Crippen LogP contribution < -0.4 is 10.8 Å². The summed E-state index contributed by atoms with van der Waals surface area (Å²) in [6.07, 6.45) is 0. The van der Waals surface area contributed by atoms with Gasteiger partial charge in [-0.1, -0.05) is 36.4 Å². The van der Waals surface area contributed by atoms with Crippen LogP contribution in [0.5, 0.6) is 0 Å². The molecule has 1 aliphatic heterocycles. The van der Waals surface area contributed by atoms with Gasteiger partial charge >= 0.3 is 7.12 Å². The van der Waals surface area contributed by atoms with E-state index in [0.717, 1.165) is 23.3 Å². The standard InChI is InChI=1S/C14H14BNO2/c17-15-14-7-6-13(8-12(14)10-18-15)16-9-11-4-2-1-3-5-11/h1-8,16-17H,9-10H2. The molecule has 2 N–H and O–H groups in total. The first-order chi connectivity index (χ1) is 8.83. The zero-order valence-corrected chi connectivity index (χ0v) is 9.97. The second-order valence-corrected chi connectivity index (χ2v) is 4.42. The SMILES string of the molecule is OB1OCc2cc(NCc3ccccc3)ccc21. The van der Waals surface area contributed by atoms with E-state index in [0.29, 0.717) is 6.61 Å². The van der Waals surface area contributed by atoms with Crippen LogP contribution in [-0.2, 0) is 17.8 Å². The number of nitrogens with one attached hydrogen (secondary N) is 1. The number of benzene rings is 2. The van der Waals surface area contributed by atoms with Crippen molar-refractivity contribution >= 4 is 18.3 Å². The largest absolute Gasteiger partial charge is 0.491 e. The van der Waals surface area contributed by atoms with Gasteiger partial charge in [0.25, 0.3) is 0 Å². The summed E-state index contributed by atoms with van der Waals surface area (Å²) in [6.45, 7) is 1.28. The summed E-state index contributed by atoms with van der Waals surface area (Å²) in [6, 6.07) is 16.2. The molecule has 0 bridgehead atoms. The van der Waals surface area contributed by atoms with E-state index in [4.69, 9.17) is 4.65 Å². The second-order valence-electron chi connectivity index (χ2n) is 4.42. The van der Waals surface area contributed by atoms with Crippen molar-refractivity contribution in [3.63, 3.8) is 0 Å². The topological polar surface area (TPSA) is 41.5 Å². The maximum absolute atomic E-state index is 9.54. The fourth-order valence-corrected chi connectivity index (χ4v) is 2.14. The van der Waals surface area contributed by atoms with Crippen molar-refractivity contribution in [2.75, 3.05) is 5.32 Å². The van der Waals surface area contributed by atoms with Gasteiger partial charge in [-0.3, -0.25) is 0 Å². The third kappa shape index (κ3) is 2.25. The molecule has 0 amide bonds. The lowest BCUT2D eigenvalue weighted by Gasteiger charge is -2.08. The van der Waals surface area contributed by atoms with Crippen molar-refractivity contribution in [2.24, 2.45) is 0 Å². The van der Waals surface area contributed by atoms with E-state index in [1.807, 2.05) is 36.4 Å². The fraction of sp³-hybridized carbons (Fsp3) is 0.143. The maximum atomic E-state index is 9.54. The minimum absolute atomic E-state index is 0.483. The molecule has 0 saturated heterocycles. The lowest BCUT2D eigenvalue weighted by molar-refractivity contribution is 0.275. The van der Waals surface area contributed by atoms with Gasteiger partial charge in [0.1, 0.15) is 0 Å². The smallest absolute Gasteiger partial charge is 0.423 e. The molecule has 0 radical (unpaired) electrons. The summed E-state index contributed by atoms with van der Waals surface area (Å²) in [5.74, 6) is 0. The van der Waals surface area contributed by atoms with Crippen LogP contribution in [0.1, 0.15) is 11.1 Å². The van der Waals surface area contributed by atoms with Crippen molar-refractivity contribution in [3.05, 3.63) is 59.7 Å². The molecule has 0 saturated carbocycles. The number of fused-ring (bicyclic) bond motifs is 1. The molecule has 2 aromatic rings. The fourth-order valence-electron chi connectivity index (χ4n) is 2.14. The van der Waals surface area contributed by atoms with Gasteiger partial charge in [0.05, 0.1) is 6.61 Å². The van der Waals surface area contributed by atoms with Gasteiger partial charge in [-0.15, -0.1) is 0 Å². The normalized spacial score (nSPS) is 13.5. The summed E-state index contributed by atoms with van der Waals surface area (Å²) >= 11 is 0. The Morgan fingerprint density at radius 3 is 2.83 bits per heavy atom. The molecule has 1 heterocycles. The minimum Gasteiger partial charge on any atom is -0.423 e. The second kappa shape index (κ2) is 4.84. The van der Waals surface area contributed by atoms with Gasteiger partial charge in [-0.2, -0.15) is 0 Å². The maximum Gasteiger partial charge on any atom is 0.491 e. The summed E-state index contributed by atoms with van der Waals surface area (Å²) in [5, 5.41) is 12.9. The summed E-state index contributed by atoms with van der Waals surface area (Å²) < 4.78 is 5.17. The van der Waals surface area contributed by atoms with E-state index in [1.165, 1.54) is 5.56 Å². The van der Waals surface area contributed by atoms with Gasteiger partial charge in [0.2, 0.25) is 0 Å². The van der Waals surface area contributed by atoms with Crippen LogP contribution in [0.3, 0.4) is 0 Å². The van der Waals surface area contributed by atoms with Crippen LogP contribution in [0.25, 0.3) is 0 Å². The summed E-state index contributed by atoms with van der Waals surface area (Å²) in [4.78, 5) is 0. The predicted molar refractivity (Wildman–Crippen MR) is 72.6 cm³/mol. The van der Waals surface area contributed by atoms with Gasteiger partial charge in [0, 0.05) is 12.2 Å². The molecule has 0 atom stereocenters. The number of hydrogen-bond acceptors (Lipinski definition) is 3. The average molecular weight is 239 g/mol. The molecule has 3 rings (SSSR count). The van der Waals surface area contributed by atoms with E-state index in [2.05, 4.69) is 17.4 Å². The Kier molecular flexibility index (Phi) is 3.05. The van der Waals surface area contributed by atoms with Crippen LogP contribution in [0.4, 0.5) is 5.69 Å². The Hall–Kier alpha value is -1.78. The summed E-state index contributed by atoms with van der Waals surface area (Å²) in [7, 11) is -0.761. The highest BCUT2D eigenvalue weighted by atomic mass is 16.5. The van der Waals surface area contributed by atoms with E-state index < -0.39 is 7.12 Å². The van der Waals surface area contributed by atoms with Crippen LogP contribution >= 0.6 is 0 Å². The van der Waals surface area contributed by atoms with Crippen molar-refractivity contribution in [3.8, 4) is 0 Å². The minimum atomic E-state index is -0.761. The lowest BCUT2D eigenvalue weighted by Crippen LogP contribution is -2.27. The highest BCUT2D eigenvalue weighted by Crippen LogP contribution is 2.16. The van der Waals surface area contributed by atoms with Gasteiger partial charge in [-0.25, -0.2) is 0 Å². The number of rotatable bonds is 3. The molecule has 1 aliphatic rings. The first-order valence-electron chi connectivity index (χ1n) is 6.03. The van der Waals surface area contributed by atoms with Crippen molar-refractivity contribution < 1.29 is 9.68 Å². The Morgan fingerprint density at radius 2 is 2.00 bits per heavy atom. The molecule has 0 unspecified atom stereocenters. The third-order valence-corrected chi connectivity index (χ3v) is 3.15. The quantitative estimate of drug-likeness (QED) is 0.798. The Bertz CT molecular complexity index is 545. The Morgan fingerprint density at radius 1 is 1.17 bits per heavy atom. The van der Waals surface area contributed by atoms with E-state index in [9.17, 15) is 5.02 Å². The monoisotopic (exact) mass is 239 g/mol. The van der Waals surface area contributed by atoms with Crippen molar-refractivity contribution in [1.82, 2.24) is 0 Å². The molecule has 0 spiro atoms. The predicted octanol–water partition coefficient (Wildman–Crippen LogP) is 1.52. The van der Waals surface area contributed by atoms with Crippen molar-refractivity contribution in [1.29, 1.82) is 0 Å². The molecule has 4 heteroatoms. The molecule has 90 valence electrons. The van der Waals surface area contributed by atoms with E-state index in [1.54, 1.807) is 0 Å². The zero-order chi connectivity index (χ0) is 12.4. The molecule has 0 aromatic heterocycles. The third-order valence-electron chi connectivity index (χ3n) is 3.15. The molecule has 3 nitrogen and oxygen atoms in total. The molecular weight excluding hydrogens is 225 g/mol. The first kappa shape index (κ1) is 11.3. The first-order valence-corrected chi connectivity index (χ1v) is 6.03. The number of anilines is 1. The lowest BCUT2D eigenvalue weighted by atomic mass is 9.79. The highest BCUT2D eigenvalue weighted by molar-refractivity contribution is 6.61. The van der Waals surface area contributed by atoms with Crippen LogP contribution in [0, 0.1) is 0 Å². The van der Waals surface area contributed by atoms with E-state index in [-0.39, 0.29) is 0 Å². The molecule has 0 fully saturated rings. The van der Waals surface area contributed by atoms with Gasteiger partial charge in [-0.05, 0) is 28.7 Å². The zero-order valence-electron chi connectivity index (χ0n) is 9.97. The van der Waals surface area contributed by atoms with Crippen LogP contribution in [0.15, 0.2) is 48.5 Å². The Labute approximate surface area is 107 Å². The summed E-state index contributed by atoms with van der Waals surface area (Å²) in [5.41, 5.74) is 4.23. The molecule has 18 heavy (non-hydrogen) atoms. The van der Waals surface area contributed by atoms with Crippen molar-refractivity contribution in [2.45, 2.75) is 13.2 Å². The number of hydrogen-bond donors (Lipinski definition) is 2. The molecular formula is C14H14BNO2. The van der Waals surface area contributed by atoms with Gasteiger partial charge in [0.15, 0.2) is 0 Å².